The molecule has 2 nitrogen and oxygen atoms in total. The number of rotatable bonds is 6. The first kappa shape index (κ1) is 13.0. The van der Waals surface area contributed by atoms with Crippen molar-refractivity contribution in [2.45, 2.75) is 52.6 Å². The van der Waals surface area contributed by atoms with Gasteiger partial charge in [0.1, 0.15) is 0 Å². The van der Waals surface area contributed by atoms with Crippen LogP contribution in [0.2, 0.25) is 0 Å². The fourth-order valence-electron chi connectivity index (χ4n) is 2.38. The lowest BCUT2D eigenvalue weighted by Crippen LogP contribution is -2.58. The maximum absolute atomic E-state index is 3.36. The largest absolute Gasteiger partial charge is 0.314 e. The SMILES string of the molecule is CC(C)CC(CC(C)C)N(C)C1CNC1. The fraction of sp³-hybridized carbons (Fsp3) is 1.00. The van der Waals surface area contributed by atoms with E-state index in [1.165, 1.54) is 25.9 Å². The molecular weight excluding hydrogens is 184 g/mol. The molecule has 0 radical (unpaired) electrons. The van der Waals surface area contributed by atoms with Gasteiger partial charge in [-0.15, -0.1) is 0 Å². The molecule has 1 N–H and O–H groups in total. The fourth-order valence-corrected chi connectivity index (χ4v) is 2.38. The number of nitrogens with one attached hydrogen (secondary N) is 1. The molecule has 15 heavy (non-hydrogen) atoms. The Balaban J connectivity index is 2.45. The van der Waals surface area contributed by atoms with Gasteiger partial charge in [-0.05, 0) is 31.7 Å². The summed E-state index contributed by atoms with van der Waals surface area (Å²) in [6, 6.07) is 1.56. The van der Waals surface area contributed by atoms with E-state index in [-0.39, 0.29) is 0 Å². The molecular formula is C13H28N2. The van der Waals surface area contributed by atoms with Crippen LogP contribution in [0.25, 0.3) is 0 Å². The molecule has 1 rings (SSSR count). The molecule has 1 fully saturated rings. The molecule has 1 saturated heterocycles. The van der Waals surface area contributed by atoms with Crippen LogP contribution in [0.1, 0.15) is 40.5 Å². The number of hydrogen-bond acceptors (Lipinski definition) is 2. The van der Waals surface area contributed by atoms with Gasteiger partial charge < -0.3 is 5.32 Å². The Morgan fingerprint density at radius 1 is 1.07 bits per heavy atom. The second-order valence-corrected chi connectivity index (χ2v) is 5.89. The van der Waals surface area contributed by atoms with Crippen molar-refractivity contribution in [3.05, 3.63) is 0 Å². The van der Waals surface area contributed by atoms with Crippen molar-refractivity contribution in [3.8, 4) is 0 Å². The topological polar surface area (TPSA) is 15.3 Å². The highest BCUT2D eigenvalue weighted by atomic mass is 15.2. The summed E-state index contributed by atoms with van der Waals surface area (Å²) in [5, 5.41) is 3.36. The maximum atomic E-state index is 3.36. The van der Waals surface area contributed by atoms with Crippen molar-refractivity contribution in [1.82, 2.24) is 10.2 Å². The van der Waals surface area contributed by atoms with Gasteiger partial charge in [0.05, 0.1) is 0 Å². The average molecular weight is 212 g/mol. The summed E-state index contributed by atoms with van der Waals surface area (Å²) >= 11 is 0. The first-order chi connectivity index (χ1) is 7.00. The normalized spacial score (nSPS) is 18.2. The summed E-state index contributed by atoms with van der Waals surface area (Å²) in [5.74, 6) is 1.62. The van der Waals surface area contributed by atoms with Gasteiger partial charge in [0.2, 0.25) is 0 Å². The summed E-state index contributed by atoms with van der Waals surface area (Å²) in [7, 11) is 2.31. The van der Waals surface area contributed by atoms with Crippen LogP contribution in [0.3, 0.4) is 0 Å². The van der Waals surface area contributed by atoms with E-state index >= 15 is 0 Å². The first-order valence-electron chi connectivity index (χ1n) is 6.43. The van der Waals surface area contributed by atoms with Crippen molar-refractivity contribution in [1.29, 1.82) is 0 Å². The number of hydrogen-bond donors (Lipinski definition) is 1. The lowest BCUT2D eigenvalue weighted by Gasteiger charge is -2.41. The Morgan fingerprint density at radius 2 is 1.53 bits per heavy atom. The highest BCUT2D eigenvalue weighted by molar-refractivity contribution is 4.87. The minimum absolute atomic E-state index is 0.775. The van der Waals surface area contributed by atoms with Crippen molar-refractivity contribution in [2.75, 3.05) is 20.1 Å². The van der Waals surface area contributed by atoms with Crippen LogP contribution in [0.15, 0.2) is 0 Å². The molecule has 0 aromatic carbocycles. The Labute approximate surface area is 95.4 Å². The van der Waals surface area contributed by atoms with Gasteiger partial charge in [-0.2, -0.15) is 0 Å². The Kier molecular flexibility index (Phi) is 5.07. The summed E-state index contributed by atoms with van der Waals surface area (Å²) in [5.41, 5.74) is 0. The molecule has 90 valence electrons. The molecule has 1 aliphatic rings. The zero-order valence-electron chi connectivity index (χ0n) is 11.1. The van der Waals surface area contributed by atoms with E-state index < -0.39 is 0 Å². The minimum atomic E-state index is 0.775. The van der Waals surface area contributed by atoms with Gasteiger partial charge >= 0.3 is 0 Å². The first-order valence-corrected chi connectivity index (χ1v) is 6.43. The highest BCUT2D eigenvalue weighted by Crippen LogP contribution is 2.20. The summed E-state index contributed by atoms with van der Waals surface area (Å²) in [6.45, 7) is 11.7. The van der Waals surface area contributed by atoms with Gasteiger partial charge in [-0.1, -0.05) is 27.7 Å². The molecule has 1 aliphatic heterocycles. The van der Waals surface area contributed by atoms with Gasteiger partial charge in [-0.25, -0.2) is 0 Å². The monoisotopic (exact) mass is 212 g/mol. The second kappa shape index (κ2) is 5.86. The predicted octanol–water partition coefficient (Wildman–Crippen LogP) is 2.35. The smallest absolute Gasteiger partial charge is 0.0345 e. The van der Waals surface area contributed by atoms with Crippen molar-refractivity contribution >= 4 is 0 Å². The quantitative estimate of drug-likeness (QED) is 0.727. The third-order valence-electron chi connectivity index (χ3n) is 3.40. The lowest BCUT2D eigenvalue weighted by molar-refractivity contribution is 0.0996. The average Bonchev–Trinajstić information content (AvgIpc) is 1.97. The Morgan fingerprint density at radius 3 is 1.80 bits per heavy atom. The van der Waals surface area contributed by atoms with E-state index in [1.807, 2.05) is 0 Å². The van der Waals surface area contributed by atoms with Gasteiger partial charge in [0.25, 0.3) is 0 Å². The Hall–Kier alpha value is -0.0800. The maximum Gasteiger partial charge on any atom is 0.0345 e. The van der Waals surface area contributed by atoms with Crippen LogP contribution >= 0.6 is 0 Å². The molecule has 0 aromatic heterocycles. The van der Waals surface area contributed by atoms with Crippen LogP contribution in [0, 0.1) is 11.8 Å². The molecule has 0 spiro atoms. The molecule has 2 heteroatoms. The van der Waals surface area contributed by atoms with Crippen molar-refractivity contribution in [3.63, 3.8) is 0 Å². The van der Waals surface area contributed by atoms with Crippen LogP contribution in [0.4, 0.5) is 0 Å². The molecule has 0 aliphatic carbocycles. The second-order valence-electron chi connectivity index (χ2n) is 5.89. The third kappa shape index (κ3) is 4.12. The van der Waals surface area contributed by atoms with E-state index in [4.69, 9.17) is 0 Å². The van der Waals surface area contributed by atoms with E-state index in [1.54, 1.807) is 0 Å². The van der Waals surface area contributed by atoms with Gasteiger partial charge in [0, 0.05) is 25.2 Å². The van der Waals surface area contributed by atoms with Crippen LogP contribution in [0.5, 0.6) is 0 Å². The molecule has 0 unspecified atom stereocenters. The van der Waals surface area contributed by atoms with Gasteiger partial charge in [0.15, 0.2) is 0 Å². The van der Waals surface area contributed by atoms with Crippen LogP contribution < -0.4 is 5.32 Å². The van der Waals surface area contributed by atoms with E-state index in [2.05, 4.69) is 45.0 Å². The standard InChI is InChI=1S/C13H28N2/c1-10(2)6-12(7-11(3)4)15(5)13-8-14-9-13/h10-14H,6-9H2,1-5H3. The molecule has 0 aromatic rings. The molecule has 0 amide bonds. The summed E-state index contributed by atoms with van der Waals surface area (Å²) in [6.07, 6.45) is 2.68. The Bertz CT molecular complexity index is 163. The molecule has 0 bridgehead atoms. The number of likely N-dealkylation sites (N-methyl/N-ethyl adjacent to an activating group) is 1. The molecule has 0 saturated carbocycles. The lowest BCUT2D eigenvalue weighted by atomic mass is 9.93. The third-order valence-corrected chi connectivity index (χ3v) is 3.40. The zero-order chi connectivity index (χ0) is 11.4. The predicted molar refractivity (Wildman–Crippen MR) is 67.1 cm³/mol. The summed E-state index contributed by atoms with van der Waals surface area (Å²) < 4.78 is 0. The van der Waals surface area contributed by atoms with E-state index in [9.17, 15) is 0 Å². The van der Waals surface area contributed by atoms with Crippen LogP contribution in [-0.4, -0.2) is 37.1 Å². The molecule has 0 atom stereocenters. The minimum Gasteiger partial charge on any atom is -0.314 e. The number of nitrogens with zero attached hydrogens (tertiary/aromatic N) is 1. The van der Waals surface area contributed by atoms with Crippen LogP contribution in [-0.2, 0) is 0 Å². The van der Waals surface area contributed by atoms with Crippen molar-refractivity contribution < 1.29 is 0 Å². The van der Waals surface area contributed by atoms with E-state index in [0.29, 0.717) is 0 Å². The van der Waals surface area contributed by atoms with Gasteiger partial charge in [-0.3, -0.25) is 4.90 Å². The summed E-state index contributed by atoms with van der Waals surface area (Å²) in [4.78, 5) is 2.61. The molecule has 1 heterocycles. The zero-order valence-corrected chi connectivity index (χ0v) is 11.1. The highest BCUT2D eigenvalue weighted by Gasteiger charge is 2.27. The van der Waals surface area contributed by atoms with E-state index in [0.717, 1.165) is 23.9 Å². The van der Waals surface area contributed by atoms with Crippen molar-refractivity contribution in [2.24, 2.45) is 11.8 Å².